The number of thioether (sulfide) groups is 1. The van der Waals surface area contributed by atoms with Crippen LogP contribution < -0.4 is 10.6 Å². The van der Waals surface area contributed by atoms with Gasteiger partial charge >= 0.3 is 6.09 Å². The second-order valence-corrected chi connectivity index (χ2v) is 10.8. The first-order chi connectivity index (χ1) is 17.4. The Bertz CT molecular complexity index is 1150. The Morgan fingerprint density at radius 3 is 2.16 bits per heavy atom. The first-order valence-electron chi connectivity index (χ1n) is 12.1. The van der Waals surface area contributed by atoms with E-state index in [0.29, 0.717) is 23.4 Å². The average Bonchev–Trinajstić information content (AvgIpc) is 2.81. The number of hydrogen-bond donors (Lipinski definition) is 2. The number of alkyl carbamates (subject to hydrolysis) is 1. The van der Waals surface area contributed by atoms with Crippen LogP contribution in [0.25, 0.3) is 0 Å². The minimum atomic E-state index is -1.12. The lowest BCUT2D eigenvalue weighted by atomic mass is 9.98. The third-order valence-corrected chi connectivity index (χ3v) is 6.34. The van der Waals surface area contributed by atoms with E-state index in [4.69, 9.17) is 11.2 Å². The number of para-hydroxylation sites is 1. The summed E-state index contributed by atoms with van der Waals surface area (Å²) in [5, 5.41) is 5.64. The average molecular weight is 524 g/mol. The number of hydrogen-bond acceptors (Lipinski definition) is 5. The van der Waals surface area contributed by atoms with E-state index in [1.165, 1.54) is 11.8 Å². The zero-order valence-electron chi connectivity index (χ0n) is 22.7. The van der Waals surface area contributed by atoms with Crippen molar-refractivity contribution in [1.29, 1.82) is 0 Å². The second kappa shape index (κ2) is 13.2. The number of ether oxygens (including phenoxy) is 1. The molecular formula is C29H37N3O4S. The number of nitrogens with zero attached hydrogens (tertiary/aromatic N) is 1. The first kappa shape index (κ1) is 29.8. The first-order valence-corrected chi connectivity index (χ1v) is 13.5. The van der Waals surface area contributed by atoms with Crippen LogP contribution >= 0.6 is 11.8 Å². The summed E-state index contributed by atoms with van der Waals surface area (Å²) in [7, 11) is 0. The van der Waals surface area contributed by atoms with Crippen molar-refractivity contribution in [3.8, 4) is 12.5 Å². The summed E-state index contributed by atoms with van der Waals surface area (Å²) in [6.45, 7) is 10.9. The van der Waals surface area contributed by atoms with Crippen molar-refractivity contribution in [2.75, 3.05) is 17.3 Å². The van der Waals surface area contributed by atoms with E-state index < -0.39 is 35.6 Å². The molecule has 198 valence electrons. The summed E-state index contributed by atoms with van der Waals surface area (Å²) in [4.78, 5) is 41.3. The molecule has 3 amide bonds. The third-order valence-electron chi connectivity index (χ3n) is 5.70. The van der Waals surface area contributed by atoms with Crippen molar-refractivity contribution >= 4 is 35.4 Å². The van der Waals surface area contributed by atoms with Gasteiger partial charge in [0.1, 0.15) is 17.7 Å². The summed E-state index contributed by atoms with van der Waals surface area (Å²) >= 11 is 1.53. The SMILES string of the molecule is C#CN(C(=O)C(CCSC)NC(=O)OC(C)(C)C)C(C(=O)Nc1c(C)cccc1C)c1ccccc1C. The number of carbonyl (C=O) groups excluding carboxylic acids is 3. The Kier molecular flexibility index (Phi) is 10.6. The normalized spacial score (nSPS) is 12.6. The van der Waals surface area contributed by atoms with Crippen LogP contribution in [0.4, 0.5) is 10.5 Å². The summed E-state index contributed by atoms with van der Waals surface area (Å²) in [5.74, 6) is -0.417. The van der Waals surface area contributed by atoms with Crippen molar-refractivity contribution in [2.45, 2.75) is 65.6 Å². The van der Waals surface area contributed by atoms with Crippen molar-refractivity contribution < 1.29 is 19.1 Å². The maximum atomic E-state index is 13.8. The van der Waals surface area contributed by atoms with Crippen LogP contribution in [-0.2, 0) is 14.3 Å². The van der Waals surface area contributed by atoms with E-state index in [0.717, 1.165) is 21.6 Å². The molecule has 7 nitrogen and oxygen atoms in total. The molecule has 2 atom stereocenters. The fourth-order valence-corrected chi connectivity index (χ4v) is 4.34. The van der Waals surface area contributed by atoms with Gasteiger partial charge in [0.2, 0.25) is 0 Å². The Morgan fingerprint density at radius 1 is 1.03 bits per heavy atom. The number of nitrogens with one attached hydrogen (secondary N) is 2. The lowest BCUT2D eigenvalue weighted by Crippen LogP contribution is -2.51. The quantitative estimate of drug-likeness (QED) is 0.341. The molecule has 0 bridgehead atoms. The number of carbonyl (C=O) groups is 3. The van der Waals surface area contributed by atoms with E-state index in [-0.39, 0.29) is 0 Å². The number of benzene rings is 2. The van der Waals surface area contributed by atoms with Crippen LogP contribution in [0.5, 0.6) is 0 Å². The van der Waals surface area contributed by atoms with Gasteiger partial charge in [0, 0.05) is 11.7 Å². The molecule has 0 aromatic heterocycles. The lowest BCUT2D eigenvalue weighted by Gasteiger charge is -2.31. The fourth-order valence-electron chi connectivity index (χ4n) is 3.87. The highest BCUT2D eigenvalue weighted by atomic mass is 32.2. The predicted octanol–water partition coefficient (Wildman–Crippen LogP) is 5.36. The molecular weight excluding hydrogens is 486 g/mol. The van der Waals surface area contributed by atoms with Gasteiger partial charge in [0.15, 0.2) is 0 Å². The van der Waals surface area contributed by atoms with Crippen molar-refractivity contribution in [3.63, 3.8) is 0 Å². The minimum Gasteiger partial charge on any atom is -0.444 e. The Labute approximate surface area is 224 Å². The summed E-state index contributed by atoms with van der Waals surface area (Å²) in [6, 6.07) is 13.3. The number of rotatable bonds is 9. The third kappa shape index (κ3) is 8.29. The number of anilines is 1. The Morgan fingerprint density at radius 2 is 1.62 bits per heavy atom. The van der Waals surface area contributed by atoms with Gasteiger partial charge in [0.05, 0.1) is 0 Å². The maximum absolute atomic E-state index is 13.8. The van der Waals surface area contributed by atoms with Gasteiger partial charge in [-0.25, -0.2) is 4.79 Å². The van der Waals surface area contributed by atoms with Gasteiger partial charge in [-0.2, -0.15) is 11.8 Å². The van der Waals surface area contributed by atoms with E-state index in [9.17, 15) is 14.4 Å². The second-order valence-electron chi connectivity index (χ2n) is 9.83. The van der Waals surface area contributed by atoms with Gasteiger partial charge < -0.3 is 15.4 Å². The molecule has 0 fully saturated rings. The standard InChI is InChI=1S/C29H37N3O4S/c1-9-32(27(34)23(17-18-37-8)30-28(35)36-29(5,6)7)25(22-16-11-10-13-19(22)2)26(33)31-24-20(3)14-12-15-21(24)4/h1,10-16,23,25H,17-18H2,2-8H3,(H,30,35)(H,31,33). The maximum Gasteiger partial charge on any atom is 0.408 e. The highest BCUT2D eigenvalue weighted by Gasteiger charge is 2.36. The largest absolute Gasteiger partial charge is 0.444 e. The topological polar surface area (TPSA) is 87.7 Å². The van der Waals surface area contributed by atoms with Gasteiger partial charge in [0.25, 0.3) is 11.8 Å². The van der Waals surface area contributed by atoms with Crippen LogP contribution in [-0.4, -0.2) is 46.5 Å². The zero-order chi connectivity index (χ0) is 27.8. The molecule has 0 heterocycles. The summed E-state index contributed by atoms with van der Waals surface area (Å²) in [5.41, 5.74) is 3.11. The molecule has 0 radical (unpaired) electrons. The molecule has 0 aliphatic rings. The molecule has 2 aromatic carbocycles. The van der Waals surface area contributed by atoms with Gasteiger partial charge in [-0.1, -0.05) is 48.9 Å². The molecule has 0 saturated carbocycles. The van der Waals surface area contributed by atoms with Crippen LogP contribution in [0.3, 0.4) is 0 Å². The van der Waals surface area contributed by atoms with E-state index in [2.05, 4.69) is 16.7 Å². The Hall–Kier alpha value is -3.44. The predicted molar refractivity (Wildman–Crippen MR) is 150 cm³/mol. The molecule has 0 aliphatic heterocycles. The molecule has 2 unspecified atom stereocenters. The molecule has 0 aliphatic carbocycles. The van der Waals surface area contributed by atoms with Crippen LogP contribution in [0.2, 0.25) is 0 Å². The smallest absolute Gasteiger partial charge is 0.408 e. The minimum absolute atomic E-state index is 0.316. The fraction of sp³-hybridized carbons (Fsp3) is 0.414. The van der Waals surface area contributed by atoms with Gasteiger partial charge in [-0.05, 0) is 82.2 Å². The van der Waals surface area contributed by atoms with Crippen LogP contribution in [0, 0.1) is 33.2 Å². The summed E-state index contributed by atoms with van der Waals surface area (Å²) < 4.78 is 5.37. The number of terminal acetylenes is 1. The zero-order valence-corrected chi connectivity index (χ0v) is 23.5. The van der Waals surface area contributed by atoms with Gasteiger partial charge in [-0.3, -0.25) is 14.5 Å². The molecule has 2 aromatic rings. The molecule has 0 spiro atoms. The van der Waals surface area contributed by atoms with E-state index in [1.807, 2.05) is 57.4 Å². The summed E-state index contributed by atoms with van der Waals surface area (Å²) in [6.07, 6.45) is 7.37. The van der Waals surface area contributed by atoms with E-state index >= 15 is 0 Å². The monoisotopic (exact) mass is 523 g/mol. The molecule has 2 N–H and O–H groups in total. The van der Waals surface area contributed by atoms with Crippen molar-refractivity contribution in [2.24, 2.45) is 0 Å². The van der Waals surface area contributed by atoms with Crippen molar-refractivity contribution in [3.05, 3.63) is 64.7 Å². The molecule has 0 saturated heterocycles. The van der Waals surface area contributed by atoms with Gasteiger partial charge in [-0.15, -0.1) is 0 Å². The highest BCUT2D eigenvalue weighted by molar-refractivity contribution is 7.98. The molecule has 8 heteroatoms. The number of amides is 3. The Balaban J connectivity index is 2.50. The molecule has 37 heavy (non-hydrogen) atoms. The van der Waals surface area contributed by atoms with Crippen LogP contribution in [0.1, 0.15) is 55.5 Å². The highest BCUT2D eigenvalue weighted by Crippen LogP contribution is 2.28. The number of aryl methyl sites for hydroxylation is 3. The lowest BCUT2D eigenvalue weighted by molar-refractivity contribution is -0.136. The van der Waals surface area contributed by atoms with E-state index in [1.54, 1.807) is 32.9 Å². The van der Waals surface area contributed by atoms with Crippen molar-refractivity contribution in [1.82, 2.24) is 10.2 Å². The van der Waals surface area contributed by atoms with Crippen LogP contribution in [0.15, 0.2) is 42.5 Å². The molecule has 2 rings (SSSR count).